The predicted octanol–water partition coefficient (Wildman–Crippen LogP) is 0.893. The quantitative estimate of drug-likeness (QED) is 0.821. The summed E-state index contributed by atoms with van der Waals surface area (Å²) in [5, 5.41) is 0. The van der Waals surface area contributed by atoms with Crippen LogP contribution in [0.25, 0.3) is 11.0 Å². The van der Waals surface area contributed by atoms with Crippen molar-refractivity contribution < 1.29 is 9.53 Å². The summed E-state index contributed by atoms with van der Waals surface area (Å²) in [4.78, 5) is 15.0. The Kier molecular flexibility index (Phi) is 3.36. The van der Waals surface area contributed by atoms with E-state index in [9.17, 15) is 4.79 Å². The molecule has 0 saturated heterocycles. The van der Waals surface area contributed by atoms with E-state index in [2.05, 4.69) is 4.98 Å². The number of aromatic nitrogens is 2. The molecule has 1 aromatic heterocycles. The van der Waals surface area contributed by atoms with Gasteiger partial charge in [0.25, 0.3) is 0 Å². The highest BCUT2D eigenvalue weighted by atomic mass is 16.5. The van der Waals surface area contributed by atoms with E-state index in [1.54, 1.807) is 7.11 Å². The van der Waals surface area contributed by atoms with Crippen molar-refractivity contribution in [2.75, 3.05) is 12.8 Å². The van der Waals surface area contributed by atoms with Gasteiger partial charge in [-0.2, -0.15) is 0 Å². The highest BCUT2D eigenvalue weighted by Crippen LogP contribution is 2.26. The van der Waals surface area contributed by atoms with Crippen molar-refractivity contribution in [3.05, 3.63) is 18.2 Å². The largest absolute Gasteiger partial charge is 0.494 e. The first-order valence-corrected chi connectivity index (χ1v) is 5.70. The van der Waals surface area contributed by atoms with E-state index in [0.717, 1.165) is 11.0 Å². The van der Waals surface area contributed by atoms with Crippen molar-refractivity contribution in [1.82, 2.24) is 9.55 Å². The molecule has 2 aromatic rings. The molecule has 0 atom stereocenters. The van der Waals surface area contributed by atoms with Crippen molar-refractivity contribution in [1.29, 1.82) is 0 Å². The number of aryl methyl sites for hydroxylation is 1. The van der Waals surface area contributed by atoms with Crippen LogP contribution in [0.15, 0.2) is 18.2 Å². The zero-order valence-electron chi connectivity index (χ0n) is 10.2. The van der Waals surface area contributed by atoms with E-state index in [1.165, 1.54) is 0 Å². The molecule has 0 aliphatic heterocycles. The fourth-order valence-electron chi connectivity index (χ4n) is 1.95. The standard InChI is InChI=1S/C12H16N4O2/c1-18-9-5-2-4-8-11(9)15-12(14)16(8)7-3-6-10(13)17/h2,4-5H,3,6-7H2,1H3,(H2,13,17)(H2,14,15). The maximum absolute atomic E-state index is 10.7. The zero-order valence-corrected chi connectivity index (χ0v) is 10.2. The molecule has 18 heavy (non-hydrogen) atoms. The molecular formula is C12H16N4O2. The van der Waals surface area contributed by atoms with Gasteiger partial charge in [0.05, 0.1) is 12.6 Å². The van der Waals surface area contributed by atoms with Crippen LogP contribution >= 0.6 is 0 Å². The van der Waals surface area contributed by atoms with Gasteiger partial charge in [0.1, 0.15) is 11.3 Å². The molecule has 0 aliphatic rings. The number of amides is 1. The van der Waals surface area contributed by atoms with Crippen LogP contribution in [0.1, 0.15) is 12.8 Å². The zero-order chi connectivity index (χ0) is 13.1. The summed E-state index contributed by atoms with van der Waals surface area (Å²) in [7, 11) is 1.59. The van der Waals surface area contributed by atoms with Gasteiger partial charge >= 0.3 is 0 Å². The lowest BCUT2D eigenvalue weighted by Gasteiger charge is -2.05. The predicted molar refractivity (Wildman–Crippen MR) is 69.1 cm³/mol. The molecule has 2 rings (SSSR count). The molecule has 96 valence electrons. The summed E-state index contributed by atoms with van der Waals surface area (Å²) >= 11 is 0. The number of anilines is 1. The molecule has 4 N–H and O–H groups in total. The van der Waals surface area contributed by atoms with Gasteiger partial charge in [-0.1, -0.05) is 6.07 Å². The third-order valence-electron chi connectivity index (χ3n) is 2.80. The van der Waals surface area contributed by atoms with Gasteiger partial charge in [-0.25, -0.2) is 4.98 Å². The number of carbonyl (C=O) groups excluding carboxylic acids is 1. The second-order valence-electron chi connectivity index (χ2n) is 4.02. The maximum atomic E-state index is 10.7. The molecular weight excluding hydrogens is 232 g/mol. The Labute approximate surface area is 105 Å². The third kappa shape index (κ3) is 2.22. The Hall–Kier alpha value is -2.24. The summed E-state index contributed by atoms with van der Waals surface area (Å²) in [6, 6.07) is 5.64. The Bertz CT molecular complexity index is 577. The summed E-state index contributed by atoms with van der Waals surface area (Å²) in [6.45, 7) is 0.610. The molecule has 0 radical (unpaired) electrons. The van der Waals surface area contributed by atoms with Crippen LogP contribution in [0, 0.1) is 0 Å². The lowest BCUT2D eigenvalue weighted by atomic mass is 10.2. The Morgan fingerprint density at radius 1 is 1.50 bits per heavy atom. The molecule has 1 aromatic carbocycles. The Morgan fingerprint density at radius 3 is 2.94 bits per heavy atom. The number of hydrogen-bond donors (Lipinski definition) is 2. The minimum atomic E-state index is -0.310. The van der Waals surface area contributed by atoms with Gasteiger partial charge in [-0.15, -0.1) is 0 Å². The summed E-state index contributed by atoms with van der Waals surface area (Å²) < 4.78 is 7.09. The Morgan fingerprint density at radius 2 is 2.28 bits per heavy atom. The number of rotatable bonds is 5. The van der Waals surface area contributed by atoms with Gasteiger partial charge in [0.15, 0.2) is 0 Å². The number of nitrogen functional groups attached to an aromatic ring is 1. The van der Waals surface area contributed by atoms with Gasteiger partial charge in [-0.05, 0) is 18.6 Å². The fraction of sp³-hybridized carbons (Fsp3) is 0.333. The molecule has 0 spiro atoms. The lowest BCUT2D eigenvalue weighted by molar-refractivity contribution is -0.118. The number of methoxy groups -OCH3 is 1. The molecule has 0 fully saturated rings. The van der Waals surface area contributed by atoms with Crippen LogP contribution in [0.3, 0.4) is 0 Å². The van der Waals surface area contributed by atoms with Crippen LogP contribution in [-0.4, -0.2) is 22.6 Å². The summed E-state index contributed by atoms with van der Waals surface area (Å²) in [6.07, 6.45) is 0.977. The number of ether oxygens (including phenoxy) is 1. The minimum Gasteiger partial charge on any atom is -0.494 e. The minimum absolute atomic E-state index is 0.310. The smallest absolute Gasteiger partial charge is 0.217 e. The van der Waals surface area contributed by atoms with Crippen LogP contribution < -0.4 is 16.2 Å². The van der Waals surface area contributed by atoms with E-state index < -0.39 is 0 Å². The number of benzene rings is 1. The van der Waals surface area contributed by atoms with E-state index >= 15 is 0 Å². The number of nitrogens with two attached hydrogens (primary N) is 2. The van der Waals surface area contributed by atoms with Crippen LogP contribution in [-0.2, 0) is 11.3 Å². The van der Waals surface area contributed by atoms with E-state index in [0.29, 0.717) is 31.1 Å². The second kappa shape index (κ2) is 4.95. The van der Waals surface area contributed by atoms with Gasteiger partial charge in [0, 0.05) is 13.0 Å². The fourth-order valence-corrected chi connectivity index (χ4v) is 1.95. The molecule has 0 bridgehead atoms. The average molecular weight is 248 g/mol. The van der Waals surface area contributed by atoms with Crippen LogP contribution in [0.5, 0.6) is 5.75 Å². The number of imidazole rings is 1. The monoisotopic (exact) mass is 248 g/mol. The van der Waals surface area contributed by atoms with Crippen molar-refractivity contribution in [3.63, 3.8) is 0 Å². The second-order valence-corrected chi connectivity index (χ2v) is 4.02. The highest BCUT2D eigenvalue weighted by Gasteiger charge is 2.11. The highest BCUT2D eigenvalue weighted by molar-refractivity contribution is 5.84. The number of hydrogen-bond acceptors (Lipinski definition) is 4. The van der Waals surface area contributed by atoms with Crippen LogP contribution in [0.2, 0.25) is 0 Å². The summed E-state index contributed by atoms with van der Waals surface area (Å²) in [5.74, 6) is 0.794. The summed E-state index contributed by atoms with van der Waals surface area (Å²) in [5.41, 5.74) is 12.6. The number of nitrogens with zero attached hydrogens (tertiary/aromatic N) is 2. The topological polar surface area (TPSA) is 96.2 Å². The normalized spacial score (nSPS) is 10.7. The molecule has 6 heteroatoms. The Balaban J connectivity index is 2.32. The SMILES string of the molecule is COc1cccc2c1nc(N)n2CCCC(N)=O. The molecule has 0 saturated carbocycles. The van der Waals surface area contributed by atoms with Crippen molar-refractivity contribution in [2.45, 2.75) is 19.4 Å². The first kappa shape index (κ1) is 12.2. The molecule has 1 amide bonds. The third-order valence-corrected chi connectivity index (χ3v) is 2.80. The van der Waals surface area contributed by atoms with Crippen molar-refractivity contribution in [3.8, 4) is 5.75 Å². The van der Waals surface area contributed by atoms with Crippen molar-refractivity contribution >= 4 is 22.9 Å². The number of primary amides is 1. The van der Waals surface area contributed by atoms with Gasteiger partial charge in [-0.3, -0.25) is 4.79 Å². The maximum Gasteiger partial charge on any atom is 0.217 e. The molecule has 0 unspecified atom stereocenters. The average Bonchev–Trinajstić information content (AvgIpc) is 2.65. The number of para-hydroxylation sites is 1. The molecule has 1 heterocycles. The lowest BCUT2D eigenvalue weighted by Crippen LogP contribution is -2.12. The van der Waals surface area contributed by atoms with Gasteiger partial charge < -0.3 is 20.8 Å². The van der Waals surface area contributed by atoms with E-state index in [1.807, 2.05) is 22.8 Å². The number of fused-ring (bicyclic) bond motifs is 1. The molecule has 0 aliphatic carbocycles. The number of carbonyl (C=O) groups is 1. The molecule has 6 nitrogen and oxygen atoms in total. The van der Waals surface area contributed by atoms with E-state index in [-0.39, 0.29) is 5.91 Å². The first-order valence-electron chi connectivity index (χ1n) is 5.70. The van der Waals surface area contributed by atoms with Crippen molar-refractivity contribution in [2.24, 2.45) is 5.73 Å². The van der Waals surface area contributed by atoms with Gasteiger partial charge in [0.2, 0.25) is 11.9 Å². The van der Waals surface area contributed by atoms with E-state index in [4.69, 9.17) is 16.2 Å². The van der Waals surface area contributed by atoms with Crippen LogP contribution in [0.4, 0.5) is 5.95 Å². The first-order chi connectivity index (χ1) is 8.63.